The van der Waals surface area contributed by atoms with Gasteiger partial charge in [0.25, 0.3) is 0 Å². The van der Waals surface area contributed by atoms with E-state index in [1.54, 1.807) is 0 Å². The van der Waals surface area contributed by atoms with E-state index in [9.17, 15) is 14.5 Å². The van der Waals surface area contributed by atoms with Crippen LogP contribution in [-0.4, -0.2) is 10.6 Å². The summed E-state index contributed by atoms with van der Waals surface area (Å²) in [4.78, 5) is 9.63. The van der Waals surface area contributed by atoms with Crippen molar-refractivity contribution in [2.75, 3.05) is 5.43 Å². The number of hydrazone groups is 1. The van der Waals surface area contributed by atoms with Gasteiger partial charge in [-0.1, -0.05) is 0 Å². The van der Waals surface area contributed by atoms with Gasteiger partial charge in [-0.2, -0.15) is 20.0 Å². The molecule has 1 aromatic carbocycles. The van der Waals surface area contributed by atoms with Crippen molar-refractivity contribution in [2.45, 2.75) is 6.92 Å². The number of rotatable bonds is 3. The summed E-state index contributed by atoms with van der Waals surface area (Å²) in [5, 5.41) is 30.8. The van der Waals surface area contributed by atoms with E-state index >= 15 is 0 Å². The fourth-order valence-electron chi connectivity index (χ4n) is 1.12. The van der Waals surface area contributed by atoms with Gasteiger partial charge in [0.15, 0.2) is 0 Å². The molecule has 0 unspecified atom stereocenters. The molecule has 0 fully saturated rings. The maximum Gasteiger partial charge on any atom is 0.305 e. The number of nitriles is 2. The Hall–Kier alpha value is -3.00. The maximum absolute atomic E-state index is 13.3. The maximum atomic E-state index is 13.3. The highest BCUT2D eigenvalue weighted by molar-refractivity contribution is 6.10. The number of nitrogens with zero attached hydrogens (tertiary/aromatic N) is 4. The molecule has 1 N–H and O–H groups in total. The lowest BCUT2D eigenvalue weighted by Crippen LogP contribution is -2.00. The topological polar surface area (TPSA) is 115 Å². The van der Waals surface area contributed by atoms with Gasteiger partial charge in [0.2, 0.25) is 11.5 Å². The predicted molar refractivity (Wildman–Crippen MR) is 60.1 cm³/mol. The summed E-state index contributed by atoms with van der Waals surface area (Å²) in [7, 11) is 0. The van der Waals surface area contributed by atoms with Gasteiger partial charge < -0.3 is 0 Å². The smallest absolute Gasteiger partial charge is 0.276 e. The first-order chi connectivity index (χ1) is 8.49. The van der Waals surface area contributed by atoms with E-state index in [2.05, 4.69) is 10.5 Å². The van der Waals surface area contributed by atoms with E-state index in [0.29, 0.717) is 5.56 Å². The molecule has 0 saturated carbocycles. The van der Waals surface area contributed by atoms with Crippen molar-refractivity contribution >= 4 is 17.1 Å². The summed E-state index contributed by atoms with van der Waals surface area (Å²) >= 11 is 0. The summed E-state index contributed by atoms with van der Waals surface area (Å²) < 4.78 is 13.3. The first-order valence-corrected chi connectivity index (χ1v) is 4.58. The Bertz CT molecular complexity index is 596. The molecule has 0 bridgehead atoms. The molecule has 0 saturated heterocycles. The third-order valence-corrected chi connectivity index (χ3v) is 1.99. The number of hydrogen-bond donors (Lipinski definition) is 1. The summed E-state index contributed by atoms with van der Waals surface area (Å²) in [5.74, 6) is -1.03. The lowest BCUT2D eigenvalue weighted by atomic mass is 10.2. The number of halogens is 1. The highest BCUT2D eigenvalue weighted by Gasteiger charge is 2.16. The number of nitrogens with one attached hydrogen (secondary N) is 1. The zero-order chi connectivity index (χ0) is 13.7. The van der Waals surface area contributed by atoms with Crippen molar-refractivity contribution in [1.82, 2.24) is 0 Å². The van der Waals surface area contributed by atoms with Crippen LogP contribution >= 0.6 is 0 Å². The third-order valence-electron chi connectivity index (χ3n) is 1.99. The molecule has 0 radical (unpaired) electrons. The number of aryl methyl sites for hydroxylation is 1. The van der Waals surface area contributed by atoms with Gasteiger partial charge in [0, 0.05) is 12.1 Å². The molecule has 7 nitrogen and oxygen atoms in total. The second-order valence-corrected chi connectivity index (χ2v) is 3.17. The van der Waals surface area contributed by atoms with Gasteiger partial charge in [-0.15, -0.1) is 0 Å². The fourth-order valence-corrected chi connectivity index (χ4v) is 1.12. The second-order valence-electron chi connectivity index (χ2n) is 3.17. The molecule has 90 valence electrons. The summed E-state index contributed by atoms with van der Waals surface area (Å²) in [6.45, 7) is 1.50. The van der Waals surface area contributed by atoms with E-state index in [-0.39, 0.29) is 5.69 Å². The van der Waals surface area contributed by atoms with Crippen molar-refractivity contribution < 1.29 is 9.31 Å². The Labute approximate surface area is 101 Å². The van der Waals surface area contributed by atoms with Crippen molar-refractivity contribution in [3.8, 4) is 12.1 Å². The molecule has 18 heavy (non-hydrogen) atoms. The van der Waals surface area contributed by atoms with Crippen LogP contribution in [0, 0.1) is 45.5 Å². The average molecular weight is 247 g/mol. The van der Waals surface area contributed by atoms with Gasteiger partial charge in [-0.25, -0.2) is 0 Å². The van der Waals surface area contributed by atoms with Crippen LogP contribution in [0.3, 0.4) is 0 Å². The van der Waals surface area contributed by atoms with Gasteiger partial charge in [0.1, 0.15) is 12.1 Å². The zero-order valence-corrected chi connectivity index (χ0v) is 9.14. The van der Waals surface area contributed by atoms with E-state index in [1.807, 2.05) is 0 Å². The molecule has 1 rings (SSSR count). The Morgan fingerprint density at radius 1 is 1.50 bits per heavy atom. The van der Waals surface area contributed by atoms with Crippen LogP contribution in [0.1, 0.15) is 5.56 Å². The van der Waals surface area contributed by atoms with Crippen molar-refractivity contribution in [3.05, 3.63) is 33.6 Å². The zero-order valence-electron chi connectivity index (χ0n) is 9.14. The first kappa shape index (κ1) is 13.1. The quantitative estimate of drug-likeness (QED) is 0.497. The number of nitro groups is 1. The summed E-state index contributed by atoms with van der Waals surface area (Å²) in [6, 6.07) is 4.93. The molecule has 0 spiro atoms. The number of anilines is 1. The van der Waals surface area contributed by atoms with E-state index in [4.69, 9.17) is 10.5 Å². The molecule has 0 atom stereocenters. The lowest BCUT2D eigenvalue weighted by molar-refractivity contribution is -0.387. The minimum atomic E-state index is -1.03. The largest absolute Gasteiger partial charge is 0.305 e. The van der Waals surface area contributed by atoms with Crippen LogP contribution in [0.15, 0.2) is 17.2 Å². The molecule has 8 heteroatoms. The number of nitro benzene ring substituents is 1. The molecule has 0 aliphatic rings. The first-order valence-electron chi connectivity index (χ1n) is 4.58. The van der Waals surface area contributed by atoms with E-state index < -0.39 is 22.1 Å². The minimum absolute atomic E-state index is 0.140. The van der Waals surface area contributed by atoms with E-state index in [1.165, 1.54) is 19.1 Å². The second kappa shape index (κ2) is 5.37. The highest BCUT2D eigenvalue weighted by atomic mass is 19.1. The number of hydrogen-bond acceptors (Lipinski definition) is 6. The Morgan fingerprint density at radius 2 is 2.11 bits per heavy atom. The predicted octanol–water partition coefficient (Wildman–Crippen LogP) is 1.86. The van der Waals surface area contributed by atoms with Gasteiger partial charge in [-0.3, -0.25) is 15.5 Å². The normalized spacial score (nSPS) is 8.89. The molecular formula is C10H6FN5O2. The SMILES string of the molecule is Cc1cc([N+](=O)[O-])c(F)cc1NN=C(C#N)C#N. The highest BCUT2D eigenvalue weighted by Crippen LogP contribution is 2.25. The standard InChI is InChI=1S/C10H6FN5O2/c1-6-2-10(16(17)18)8(11)3-9(6)15-14-7(4-12)5-13/h2-3,15H,1H3. The third kappa shape index (κ3) is 2.77. The lowest BCUT2D eigenvalue weighted by Gasteiger charge is -2.04. The summed E-state index contributed by atoms with van der Waals surface area (Å²) in [6.07, 6.45) is 0. The monoisotopic (exact) mass is 247 g/mol. The van der Waals surface area contributed by atoms with Crippen LogP contribution in [0.2, 0.25) is 0 Å². The van der Waals surface area contributed by atoms with Crippen LogP contribution in [-0.2, 0) is 0 Å². The van der Waals surface area contributed by atoms with Crippen molar-refractivity contribution in [3.63, 3.8) is 0 Å². The van der Waals surface area contributed by atoms with Crippen molar-refractivity contribution in [1.29, 1.82) is 10.5 Å². The van der Waals surface area contributed by atoms with E-state index in [0.717, 1.165) is 12.1 Å². The molecule has 0 amide bonds. The van der Waals surface area contributed by atoms with Gasteiger partial charge >= 0.3 is 5.69 Å². The molecule has 1 aromatic rings. The van der Waals surface area contributed by atoms with Crippen molar-refractivity contribution in [2.24, 2.45) is 5.10 Å². The Kier molecular flexibility index (Phi) is 3.89. The molecular weight excluding hydrogens is 241 g/mol. The van der Waals surface area contributed by atoms with Crippen LogP contribution in [0.4, 0.5) is 15.8 Å². The minimum Gasteiger partial charge on any atom is -0.276 e. The molecule has 0 aromatic heterocycles. The fraction of sp³-hybridized carbons (Fsp3) is 0.100. The Balaban J connectivity index is 3.11. The van der Waals surface area contributed by atoms with Crippen LogP contribution in [0.5, 0.6) is 0 Å². The average Bonchev–Trinajstić information content (AvgIpc) is 2.33. The van der Waals surface area contributed by atoms with Crippen LogP contribution < -0.4 is 5.43 Å². The molecule has 0 aliphatic heterocycles. The van der Waals surface area contributed by atoms with Gasteiger partial charge in [-0.05, 0) is 12.5 Å². The van der Waals surface area contributed by atoms with Crippen LogP contribution in [0.25, 0.3) is 0 Å². The Morgan fingerprint density at radius 3 is 2.61 bits per heavy atom. The number of benzene rings is 1. The molecule has 0 aliphatic carbocycles. The summed E-state index contributed by atoms with van der Waals surface area (Å²) in [5.41, 5.74) is 1.72. The van der Waals surface area contributed by atoms with Gasteiger partial charge in [0.05, 0.1) is 10.6 Å². The molecule has 0 heterocycles.